The van der Waals surface area contributed by atoms with Gasteiger partial charge in [0.05, 0.1) is 10.6 Å². The summed E-state index contributed by atoms with van der Waals surface area (Å²) in [5.41, 5.74) is -5.02. The smallest absolute Gasteiger partial charge is 0.424 e. The highest BCUT2D eigenvalue weighted by molar-refractivity contribution is 6.36. The van der Waals surface area contributed by atoms with Crippen molar-refractivity contribution < 1.29 is 47.4 Å². The molecule has 0 aromatic heterocycles. The molecule has 0 saturated heterocycles. The molecule has 37 heavy (non-hydrogen) atoms. The zero-order valence-electron chi connectivity index (χ0n) is 20.6. The predicted octanol–water partition coefficient (Wildman–Crippen LogP) is 6.69. The van der Waals surface area contributed by atoms with Crippen LogP contribution in [-0.4, -0.2) is 39.4 Å². The summed E-state index contributed by atoms with van der Waals surface area (Å²) < 4.78 is 45.2. The van der Waals surface area contributed by atoms with Gasteiger partial charge in [0, 0.05) is 6.07 Å². The maximum Gasteiger partial charge on any atom is 0.424 e. The fourth-order valence-electron chi connectivity index (χ4n) is 2.77. The topological polar surface area (TPSA) is 146 Å². The number of halogens is 3. The third-order valence-electron chi connectivity index (χ3n) is 4.13. The maximum absolute atomic E-state index is 14.8. The molecule has 1 N–H and O–H groups in total. The van der Waals surface area contributed by atoms with Crippen LogP contribution in [0.4, 0.5) is 29.7 Å². The molecule has 11 nitrogen and oxygen atoms in total. The van der Waals surface area contributed by atoms with E-state index in [1.165, 1.54) is 41.5 Å². The summed E-state index contributed by atoms with van der Waals surface area (Å²) in [6, 6.07) is 3.01. The van der Waals surface area contributed by atoms with Crippen LogP contribution in [0.2, 0.25) is 5.02 Å². The lowest BCUT2D eigenvalue weighted by molar-refractivity contribution is -0.385. The summed E-state index contributed by atoms with van der Waals surface area (Å²) in [6.07, 6.45) is -2.48. The van der Waals surface area contributed by atoms with E-state index in [1.54, 1.807) is 0 Å². The van der Waals surface area contributed by atoms with Crippen molar-refractivity contribution in [3.8, 4) is 11.5 Å². The molecule has 0 aliphatic heterocycles. The molecule has 200 valence electrons. The molecule has 14 heteroatoms. The molecule has 0 aliphatic carbocycles. The van der Waals surface area contributed by atoms with Gasteiger partial charge < -0.3 is 19.3 Å². The monoisotopic (exact) mass is 544 g/mol. The Morgan fingerprint density at radius 2 is 1.49 bits per heavy atom. The molecule has 2 aromatic carbocycles. The van der Waals surface area contributed by atoms with Gasteiger partial charge in [0.1, 0.15) is 16.2 Å². The number of amides is 2. The summed E-state index contributed by atoms with van der Waals surface area (Å²) in [4.78, 5) is 47.5. The summed E-state index contributed by atoms with van der Waals surface area (Å²) in [6.45, 7) is 9.15. The van der Waals surface area contributed by atoms with Crippen molar-refractivity contribution in [2.45, 2.75) is 52.7 Å². The molecule has 2 aromatic rings. The minimum absolute atomic E-state index is 0.375. The molecular formula is C23H23ClF2N2O9. The number of aromatic carboxylic acids is 1. The minimum Gasteiger partial charge on any atom is -0.477 e. The van der Waals surface area contributed by atoms with Crippen molar-refractivity contribution in [2.75, 3.05) is 4.90 Å². The number of imide groups is 1. The molecule has 0 radical (unpaired) electrons. The van der Waals surface area contributed by atoms with Gasteiger partial charge in [-0.15, -0.1) is 0 Å². The molecule has 0 fully saturated rings. The number of anilines is 1. The largest absolute Gasteiger partial charge is 0.477 e. The molecule has 0 heterocycles. The van der Waals surface area contributed by atoms with E-state index in [2.05, 4.69) is 0 Å². The molecular weight excluding hydrogens is 522 g/mol. The van der Waals surface area contributed by atoms with Crippen molar-refractivity contribution in [1.29, 1.82) is 0 Å². The van der Waals surface area contributed by atoms with E-state index in [0.717, 1.165) is 12.1 Å². The second-order valence-electron chi connectivity index (χ2n) is 9.44. The van der Waals surface area contributed by atoms with Gasteiger partial charge in [-0.2, -0.15) is 4.90 Å². The van der Waals surface area contributed by atoms with Crippen molar-refractivity contribution in [3.05, 3.63) is 56.6 Å². The second-order valence-corrected chi connectivity index (χ2v) is 9.82. The van der Waals surface area contributed by atoms with Gasteiger partial charge in [0.2, 0.25) is 0 Å². The number of carbonyl (C=O) groups excluding carboxylic acids is 2. The van der Waals surface area contributed by atoms with E-state index in [4.69, 9.17) is 25.8 Å². The SMILES string of the molecule is CC(C)(C)OC(=O)N(C(=O)OC(C)(C)C)c1ccc(F)c(Oc2ccc([N+](=O)[O-])c(C(=O)O)c2F)c1Cl. The Balaban J connectivity index is 2.67. The molecule has 0 atom stereocenters. The van der Waals surface area contributed by atoms with Crippen LogP contribution in [0, 0.1) is 21.7 Å². The summed E-state index contributed by atoms with van der Waals surface area (Å²) in [5.74, 6) is -6.70. The lowest BCUT2D eigenvalue weighted by Gasteiger charge is -2.29. The number of hydrogen-bond acceptors (Lipinski definition) is 8. The van der Waals surface area contributed by atoms with Gasteiger partial charge in [0.15, 0.2) is 28.7 Å². The van der Waals surface area contributed by atoms with Gasteiger partial charge in [-0.05, 0) is 59.7 Å². The average Bonchev–Trinajstić information content (AvgIpc) is 2.70. The highest BCUT2D eigenvalue weighted by Gasteiger charge is 2.36. The quantitative estimate of drug-likeness (QED) is 0.321. The van der Waals surface area contributed by atoms with E-state index in [0.29, 0.717) is 17.0 Å². The Hall–Kier alpha value is -4.00. The van der Waals surface area contributed by atoms with Gasteiger partial charge in [0.25, 0.3) is 5.69 Å². The van der Waals surface area contributed by atoms with Gasteiger partial charge in [-0.1, -0.05) is 11.6 Å². The molecule has 0 aliphatic rings. The lowest BCUT2D eigenvalue weighted by atomic mass is 10.1. The third kappa shape index (κ3) is 7.03. The number of benzene rings is 2. The minimum atomic E-state index is -1.98. The fraction of sp³-hybridized carbons (Fsp3) is 0.348. The predicted molar refractivity (Wildman–Crippen MR) is 126 cm³/mol. The highest BCUT2D eigenvalue weighted by Crippen LogP contribution is 2.42. The van der Waals surface area contributed by atoms with Crippen molar-refractivity contribution in [1.82, 2.24) is 0 Å². The van der Waals surface area contributed by atoms with E-state index < -0.39 is 79.4 Å². The van der Waals surface area contributed by atoms with Crippen LogP contribution < -0.4 is 9.64 Å². The first-order valence-electron chi connectivity index (χ1n) is 10.5. The van der Waals surface area contributed by atoms with Crippen LogP contribution in [0.3, 0.4) is 0 Å². The Morgan fingerprint density at radius 3 is 1.92 bits per heavy atom. The number of carbonyl (C=O) groups is 3. The molecule has 2 amide bonds. The zero-order chi connectivity index (χ0) is 28.5. The molecule has 0 bridgehead atoms. The summed E-state index contributed by atoms with van der Waals surface area (Å²) in [7, 11) is 0. The number of ether oxygens (including phenoxy) is 3. The number of carboxylic acid groups (broad SMARTS) is 1. The van der Waals surface area contributed by atoms with Crippen molar-refractivity contribution >= 4 is 41.1 Å². The van der Waals surface area contributed by atoms with Gasteiger partial charge in [-0.25, -0.2) is 23.2 Å². The first kappa shape index (κ1) is 29.2. The first-order chi connectivity index (χ1) is 16.8. The van der Waals surface area contributed by atoms with E-state index in [-0.39, 0.29) is 0 Å². The number of hydrogen-bond donors (Lipinski definition) is 1. The summed E-state index contributed by atoms with van der Waals surface area (Å²) >= 11 is 6.26. The van der Waals surface area contributed by atoms with Gasteiger partial charge >= 0.3 is 18.2 Å². The lowest BCUT2D eigenvalue weighted by Crippen LogP contribution is -2.44. The first-order valence-corrected chi connectivity index (χ1v) is 10.8. The number of carboxylic acids is 1. The molecule has 2 rings (SSSR count). The second kappa shape index (κ2) is 10.5. The molecule has 0 spiro atoms. The standard InChI is InChI=1S/C23H23ClF2N2O9/c1-22(2,3)36-20(31)27(21(32)37-23(4,5)6)13-8-7-11(25)18(16(13)24)35-14-10-9-12(28(33)34)15(17(14)26)19(29)30/h7-10H,1-6H3,(H,29,30). The van der Waals surface area contributed by atoms with E-state index >= 15 is 0 Å². The number of nitro benzene ring substituents is 1. The third-order valence-corrected chi connectivity index (χ3v) is 4.49. The van der Waals surface area contributed by atoms with Gasteiger partial charge in [-0.3, -0.25) is 10.1 Å². The van der Waals surface area contributed by atoms with Crippen LogP contribution in [-0.2, 0) is 9.47 Å². The number of rotatable bonds is 5. The number of nitro groups is 1. The Bertz CT molecular complexity index is 1240. The Labute approximate surface area is 214 Å². The van der Waals surface area contributed by atoms with Crippen molar-refractivity contribution in [3.63, 3.8) is 0 Å². The van der Waals surface area contributed by atoms with Crippen LogP contribution in [0.1, 0.15) is 51.9 Å². The van der Waals surface area contributed by atoms with E-state index in [9.17, 15) is 38.4 Å². The summed E-state index contributed by atoms with van der Waals surface area (Å²) in [5, 5.41) is 19.6. The molecule has 0 unspecified atom stereocenters. The Morgan fingerprint density at radius 1 is 0.973 bits per heavy atom. The average molecular weight is 545 g/mol. The maximum atomic E-state index is 14.8. The van der Waals surface area contributed by atoms with Crippen LogP contribution in [0.15, 0.2) is 24.3 Å². The fourth-order valence-corrected chi connectivity index (χ4v) is 3.04. The van der Waals surface area contributed by atoms with Crippen LogP contribution in [0.25, 0.3) is 0 Å². The normalized spacial score (nSPS) is 11.5. The molecule has 0 saturated carbocycles. The van der Waals surface area contributed by atoms with Crippen LogP contribution >= 0.6 is 11.6 Å². The zero-order valence-corrected chi connectivity index (χ0v) is 21.3. The highest BCUT2D eigenvalue weighted by atomic mass is 35.5. The van der Waals surface area contributed by atoms with Crippen LogP contribution in [0.5, 0.6) is 11.5 Å². The van der Waals surface area contributed by atoms with Crippen molar-refractivity contribution in [2.24, 2.45) is 0 Å². The Kier molecular flexibility index (Phi) is 8.33. The number of nitrogens with zero attached hydrogens (tertiary/aromatic N) is 2. The van der Waals surface area contributed by atoms with E-state index in [1.807, 2.05) is 0 Å².